The Morgan fingerprint density at radius 2 is 2.17 bits per heavy atom. The molecule has 1 unspecified atom stereocenters. The van der Waals surface area contributed by atoms with Crippen molar-refractivity contribution in [1.29, 1.82) is 0 Å². The number of rotatable bonds is 7. The number of carbonyl (C=O) groups is 3. The molecule has 2 atom stereocenters. The first-order valence-electron chi connectivity index (χ1n) is 10.7. The Balaban J connectivity index is 1.43. The zero-order valence-corrected chi connectivity index (χ0v) is 19.9. The summed E-state index contributed by atoms with van der Waals surface area (Å²) >= 11 is 1.03. The van der Waals surface area contributed by atoms with Crippen molar-refractivity contribution < 1.29 is 38.7 Å². The number of carbonyl (C=O) groups excluding carboxylic acids is 3. The summed E-state index contributed by atoms with van der Waals surface area (Å²) in [5.74, 6) is -0.764. The number of aryl methyl sites for hydroxylation is 1. The summed E-state index contributed by atoms with van der Waals surface area (Å²) in [6.45, 7) is 0.0791. The Labute approximate surface area is 208 Å². The van der Waals surface area contributed by atoms with E-state index in [-0.39, 0.29) is 24.0 Å². The average molecular weight is 514 g/mol. The molecule has 186 valence electrons. The van der Waals surface area contributed by atoms with E-state index in [1.165, 1.54) is 12.5 Å². The minimum absolute atomic E-state index is 0.0391. The number of ether oxygens (including phenoxy) is 3. The van der Waals surface area contributed by atoms with E-state index in [1.807, 2.05) is 0 Å². The fourth-order valence-electron chi connectivity index (χ4n) is 3.92. The normalized spacial score (nSPS) is 17.2. The number of thiazole rings is 1. The second-order valence-corrected chi connectivity index (χ2v) is 8.81. The molecule has 14 heteroatoms. The smallest absolute Gasteiger partial charge is 0.451 e. The Morgan fingerprint density at radius 1 is 1.36 bits per heavy atom. The summed E-state index contributed by atoms with van der Waals surface area (Å²) in [4.78, 5) is 50.5. The number of fused-ring (bicyclic) bond motifs is 1. The number of nitrogens with zero attached hydrogens (tertiary/aromatic N) is 4. The van der Waals surface area contributed by atoms with E-state index < -0.39 is 35.9 Å². The molecule has 2 amide bonds. The molecule has 0 spiro atoms. The number of aromatic nitrogens is 3. The predicted octanol–water partition coefficient (Wildman–Crippen LogP) is -0.480. The molecule has 2 aliphatic heterocycles. The zero-order chi connectivity index (χ0) is 25.4. The third-order valence-corrected chi connectivity index (χ3v) is 6.54. The second-order valence-electron chi connectivity index (χ2n) is 7.96. The summed E-state index contributed by atoms with van der Waals surface area (Å²) in [6.07, 6.45) is 3.18. The van der Waals surface area contributed by atoms with Crippen LogP contribution in [0.3, 0.4) is 0 Å². The van der Waals surface area contributed by atoms with Gasteiger partial charge in [-0.3, -0.25) is 10.1 Å². The number of esters is 1. The number of amides is 2. The lowest BCUT2D eigenvalue weighted by Gasteiger charge is -2.19. The molecular formula is C22H21N6O7S+. The highest BCUT2D eigenvalue weighted by Gasteiger charge is 2.50. The molecule has 3 N–H and O–H groups in total. The van der Waals surface area contributed by atoms with Gasteiger partial charge in [0.2, 0.25) is 12.8 Å². The van der Waals surface area contributed by atoms with Gasteiger partial charge in [-0.05, 0) is 12.1 Å². The van der Waals surface area contributed by atoms with Crippen LogP contribution in [0.5, 0.6) is 11.5 Å². The number of aliphatic hydroxyl groups is 1. The summed E-state index contributed by atoms with van der Waals surface area (Å²) in [5, 5.41) is 15.0. The number of nitrogens with one attached hydrogen (secondary N) is 2. The summed E-state index contributed by atoms with van der Waals surface area (Å²) in [7, 11) is 2.98. The number of hydrogen-bond acceptors (Lipinski definition) is 9. The van der Waals surface area contributed by atoms with Crippen molar-refractivity contribution in [3.63, 3.8) is 0 Å². The van der Waals surface area contributed by atoms with Crippen LogP contribution in [0.25, 0.3) is 0 Å². The minimum Gasteiger partial charge on any atom is -0.464 e. The lowest BCUT2D eigenvalue weighted by atomic mass is 10.0. The molecule has 1 aromatic carbocycles. The SMILES string of the molecule is COC(=O)c1csc(NC(=O)[C@H](Cc2cncn2C)N2C(=O)C(c3ccc4c(c3)OCO4)[NH+]=C2O)n1. The van der Waals surface area contributed by atoms with Gasteiger partial charge in [0.25, 0.3) is 5.91 Å². The molecule has 2 aliphatic rings. The van der Waals surface area contributed by atoms with Crippen LogP contribution in [0.2, 0.25) is 0 Å². The highest BCUT2D eigenvalue weighted by Crippen LogP contribution is 2.34. The van der Waals surface area contributed by atoms with Crippen LogP contribution >= 0.6 is 11.3 Å². The zero-order valence-electron chi connectivity index (χ0n) is 19.1. The maximum absolute atomic E-state index is 13.5. The van der Waals surface area contributed by atoms with Gasteiger partial charge < -0.3 is 23.9 Å². The summed E-state index contributed by atoms with van der Waals surface area (Å²) < 4.78 is 17.1. The number of anilines is 1. The quantitative estimate of drug-likeness (QED) is 0.355. The highest BCUT2D eigenvalue weighted by molar-refractivity contribution is 7.14. The van der Waals surface area contributed by atoms with Crippen LogP contribution < -0.4 is 19.8 Å². The third-order valence-electron chi connectivity index (χ3n) is 5.78. The third kappa shape index (κ3) is 4.22. The van der Waals surface area contributed by atoms with E-state index in [0.717, 1.165) is 16.2 Å². The number of amidine groups is 1. The van der Waals surface area contributed by atoms with Crippen LogP contribution in [-0.2, 0) is 27.8 Å². The van der Waals surface area contributed by atoms with Crippen molar-refractivity contribution in [2.45, 2.75) is 18.5 Å². The van der Waals surface area contributed by atoms with E-state index in [1.54, 1.807) is 42.3 Å². The van der Waals surface area contributed by atoms with Crippen molar-refractivity contribution in [1.82, 2.24) is 19.4 Å². The lowest BCUT2D eigenvalue weighted by molar-refractivity contribution is -0.495. The van der Waals surface area contributed by atoms with E-state index in [0.29, 0.717) is 22.8 Å². The number of hydrogen-bond donors (Lipinski definition) is 3. The lowest BCUT2D eigenvalue weighted by Crippen LogP contribution is -2.72. The summed E-state index contributed by atoms with van der Waals surface area (Å²) in [6, 6.07) is 2.42. The molecule has 36 heavy (non-hydrogen) atoms. The van der Waals surface area contributed by atoms with Crippen molar-refractivity contribution in [3.8, 4) is 11.5 Å². The van der Waals surface area contributed by atoms with Crippen LogP contribution in [-0.4, -0.2) is 68.3 Å². The first-order chi connectivity index (χ1) is 17.4. The molecule has 0 fully saturated rings. The van der Waals surface area contributed by atoms with E-state index in [2.05, 4.69) is 25.0 Å². The monoisotopic (exact) mass is 513 g/mol. The number of methoxy groups -OCH3 is 1. The predicted molar refractivity (Wildman–Crippen MR) is 124 cm³/mol. The molecule has 4 heterocycles. The topological polar surface area (TPSA) is 159 Å². The molecular weight excluding hydrogens is 492 g/mol. The van der Waals surface area contributed by atoms with Crippen LogP contribution in [0.4, 0.5) is 5.13 Å². The Hall–Kier alpha value is -4.46. The standard InChI is InChI=1S/C22H20N6O7S/c1-27-9-23-7-12(27)6-14(18(29)26-21-24-13(8-36-21)20(31)33-2)28-19(30)17(25-22(28)32)11-3-4-15-16(5-11)35-10-34-15/h3-5,7-9,14,17H,6,10H2,1-2H3,(H,25,32)(H,24,26,29)/p+1/t14-,17?/m0/s1. The molecule has 3 aromatic rings. The van der Waals surface area contributed by atoms with E-state index in [9.17, 15) is 19.5 Å². The molecule has 13 nitrogen and oxygen atoms in total. The van der Waals surface area contributed by atoms with Gasteiger partial charge in [0.05, 0.1) is 13.4 Å². The van der Waals surface area contributed by atoms with Crippen LogP contribution in [0.1, 0.15) is 27.8 Å². The first-order valence-corrected chi connectivity index (χ1v) is 11.6. The number of benzene rings is 1. The van der Waals surface area contributed by atoms with Crippen LogP contribution in [0, 0.1) is 0 Å². The maximum Gasteiger partial charge on any atom is 0.451 e. The van der Waals surface area contributed by atoms with Crippen LogP contribution in [0.15, 0.2) is 36.1 Å². The molecule has 0 bridgehead atoms. The minimum atomic E-state index is -1.16. The van der Waals surface area contributed by atoms with Gasteiger partial charge in [0.1, 0.15) is 0 Å². The average Bonchev–Trinajstić information content (AvgIpc) is 3.65. The largest absolute Gasteiger partial charge is 0.464 e. The molecule has 0 saturated carbocycles. The molecule has 0 radical (unpaired) electrons. The molecule has 2 aromatic heterocycles. The molecule has 0 aliphatic carbocycles. The first kappa shape index (κ1) is 23.3. The van der Waals surface area contributed by atoms with Gasteiger partial charge in [0.15, 0.2) is 28.4 Å². The Kier molecular flexibility index (Phi) is 6.01. The van der Waals surface area contributed by atoms with Gasteiger partial charge in [0, 0.05) is 36.3 Å². The van der Waals surface area contributed by atoms with E-state index in [4.69, 9.17) is 9.47 Å². The summed E-state index contributed by atoms with van der Waals surface area (Å²) in [5.41, 5.74) is 1.22. The molecule has 0 saturated heterocycles. The van der Waals surface area contributed by atoms with Crippen molar-refractivity contribution in [3.05, 3.63) is 53.1 Å². The number of imidazole rings is 1. The fraction of sp³-hybridized carbons (Fsp3) is 0.273. The fourth-order valence-corrected chi connectivity index (χ4v) is 4.61. The van der Waals surface area contributed by atoms with Gasteiger partial charge >= 0.3 is 17.9 Å². The van der Waals surface area contributed by atoms with Crippen molar-refractivity contribution in [2.75, 3.05) is 19.2 Å². The highest BCUT2D eigenvalue weighted by atomic mass is 32.1. The Morgan fingerprint density at radius 3 is 2.92 bits per heavy atom. The van der Waals surface area contributed by atoms with Gasteiger partial charge in [-0.2, -0.15) is 0 Å². The second kappa shape index (κ2) is 9.30. The van der Waals surface area contributed by atoms with Crippen molar-refractivity contribution >= 4 is 40.3 Å². The van der Waals surface area contributed by atoms with E-state index >= 15 is 0 Å². The van der Waals surface area contributed by atoms with Gasteiger partial charge in [-0.25, -0.2) is 24.5 Å². The maximum atomic E-state index is 13.5. The van der Waals surface area contributed by atoms with Gasteiger partial charge in [-0.15, -0.1) is 16.2 Å². The molecule has 5 rings (SSSR count). The Bertz CT molecular complexity index is 1380. The van der Waals surface area contributed by atoms with Gasteiger partial charge in [-0.1, -0.05) is 6.07 Å². The number of aliphatic hydroxyl groups excluding tert-OH is 1. The van der Waals surface area contributed by atoms with Crippen molar-refractivity contribution in [2.24, 2.45) is 7.05 Å².